The summed E-state index contributed by atoms with van der Waals surface area (Å²) in [5.41, 5.74) is 2.38. The van der Waals surface area contributed by atoms with Crippen LogP contribution in [0.15, 0.2) is 101 Å². The fraction of sp³-hybridized carbons (Fsp3) is 0.0833. The van der Waals surface area contributed by atoms with E-state index in [0.717, 1.165) is 16.0 Å². The number of hydrogen-bond donors (Lipinski definition) is 0. The van der Waals surface area contributed by atoms with Gasteiger partial charge >= 0.3 is 0 Å². The van der Waals surface area contributed by atoms with Gasteiger partial charge in [-0.1, -0.05) is 90.6 Å². The zero-order valence-corrected chi connectivity index (χ0v) is 16.1. The lowest BCUT2D eigenvalue weighted by atomic mass is 10.1. The largest absolute Gasteiger partial charge is 0.274 e. The SMILES string of the molecule is O=C1C(Sc2ccccc2)=C(c2ccccc2)C(=O)N1CCc1ccccc1. The highest BCUT2D eigenvalue weighted by molar-refractivity contribution is 8.04. The molecule has 0 saturated carbocycles. The van der Waals surface area contributed by atoms with Gasteiger partial charge in [-0.3, -0.25) is 14.5 Å². The van der Waals surface area contributed by atoms with Gasteiger partial charge < -0.3 is 0 Å². The Morgan fingerprint density at radius 1 is 0.679 bits per heavy atom. The first-order valence-corrected chi connectivity index (χ1v) is 9.98. The lowest BCUT2D eigenvalue weighted by Crippen LogP contribution is -2.33. The van der Waals surface area contributed by atoms with Gasteiger partial charge in [0.15, 0.2) is 0 Å². The predicted octanol–water partition coefficient (Wildman–Crippen LogP) is 4.80. The first-order valence-electron chi connectivity index (χ1n) is 9.17. The van der Waals surface area contributed by atoms with Gasteiger partial charge in [-0.05, 0) is 29.7 Å². The zero-order chi connectivity index (χ0) is 19.3. The summed E-state index contributed by atoms with van der Waals surface area (Å²) < 4.78 is 0. The molecule has 3 nitrogen and oxygen atoms in total. The van der Waals surface area contributed by atoms with Crippen LogP contribution in [0.5, 0.6) is 0 Å². The fourth-order valence-corrected chi connectivity index (χ4v) is 4.24. The lowest BCUT2D eigenvalue weighted by Gasteiger charge is -2.15. The van der Waals surface area contributed by atoms with Gasteiger partial charge in [0.1, 0.15) is 0 Å². The van der Waals surface area contributed by atoms with Crippen LogP contribution in [0.4, 0.5) is 0 Å². The fourth-order valence-electron chi connectivity index (χ4n) is 3.20. The second-order valence-electron chi connectivity index (χ2n) is 6.48. The van der Waals surface area contributed by atoms with E-state index < -0.39 is 0 Å². The summed E-state index contributed by atoms with van der Waals surface area (Å²) in [6, 6.07) is 29.0. The van der Waals surface area contributed by atoms with Crippen LogP contribution >= 0.6 is 11.8 Å². The maximum absolute atomic E-state index is 13.2. The van der Waals surface area contributed by atoms with Gasteiger partial charge in [-0.2, -0.15) is 0 Å². The van der Waals surface area contributed by atoms with Crippen molar-refractivity contribution in [2.24, 2.45) is 0 Å². The number of benzene rings is 3. The molecule has 138 valence electrons. The second-order valence-corrected chi connectivity index (χ2v) is 7.57. The van der Waals surface area contributed by atoms with Crippen LogP contribution in [0.2, 0.25) is 0 Å². The highest BCUT2D eigenvalue weighted by atomic mass is 32.2. The first-order chi connectivity index (χ1) is 13.7. The molecule has 0 saturated heterocycles. The molecule has 0 unspecified atom stereocenters. The Morgan fingerprint density at radius 3 is 1.89 bits per heavy atom. The number of carbonyl (C=O) groups is 2. The molecule has 0 spiro atoms. The van der Waals surface area contributed by atoms with Crippen LogP contribution in [0, 0.1) is 0 Å². The van der Waals surface area contributed by atoms with Crippen LogP contribution in [0.25, 0.3) is 5.57 Å². The smallest absolute Gasteiger partial charge is 0.268 e. The van der Waals surface area contributed by atoms with Crippen molar-refractivity contribution < 1.29 is 9.59 Å². The van der Waals surface area contributed by atoms with Crippen molar-refractivity contribution in [1.29, 1.82) is 0 Å². The average molecular weight is 385 g/mol. The van der Waals surface area contributed by atoms with Crippen molar-refractivity contribution in [3.63, 3.8) is 0 Å². The van der Waals surface area contributed by atoms with E-state index in [4.69, 9.17) is 0 Å². The topological polar surface area (TPSA) is 37.4 Å². The third-order valence-corrected chi connectivity index (χ3v) is 5.71. The quantitative estimate of drug-likeness (QED) is 0.572. The highest BCUT2D eigenvalue weighted by Crippen LogP contribution is 2.39. The normalized spacial score (nSPS) is 14.1. The lowest BCUT2D eigenvalue weighted by molar-refractivity contribution is -0.136. The Bertz CT molecular complexity index is 1010. The van der Waals surface area contributed by atoms with Crippen LogP contribution in [0.3, 0.4) is 0 Å². The van der Waals surface area contributed by atoms with Crippen LogP contribution in [0.1, 0.15) is 11.1 Å². The van der Waals surface area contributed by atoms with Gasteiger partial charge in [0.2, 0.25) is 0 Å². The van der Waals surface area contributed by atoms with Gasteiger partial charge in [0, 0.05) is 11.4 Å². The van der Waals surface area contributed by atoms with Gasteiger partial charge in [0.05, 0.1) is 10.5 Å². The van der Waals surface area contributed by atoms with Crippen molar-refractivity contribution in [2.75, 3.05) is 6.54 Å². The minimum Gasteiger partial charge on any atom is -0.274 e. The maximum atomic E-state index is 13.2. The molecule has 0 radical (unpaired) electrons. The number of carbonyl (C=O) groups excluding carboxylic acids is 2. The standard InChI is InChI=1S/C24H19NO2S/c26-23-21(19-12-6-2-7-13-19)22(28-20-14-8-3-9-15-20)24(27)25(23)17-16-18-10-4-1-5-11-18/h1-15H,16-17H2. The summed E-state index contributed by atoms with van der Waals surface area (Å²) in [5, 5.41) is 0. The number of thioether (sulfide) groups is 1. The van der Waals surface area contributed by atoms with E-state index in [1.807, 2.05) is 91.0 Å². The molecular weight excluding hydrogens is 366 g/mol. The van der Waals surface area contributed by atoms with E-state index in [1.54, 1.807) is 0 Å². The molecule has 1 aliphatic heterocycles. The summed E-state index contributed by atoms with van der Waals surface area (Å²) >= 11 is 1.36. The van der Waals surface area contributed by atoms with Crippen molar-refractivity contribution in [3.8, 4) is 0 Å². The van der Waals surface area contributed by atoms with E-state index in [1.165, 1.54) is 16.7 Å². The Labute approximate surface area is 168 Å². The summed E-state index contributed by atoms with van der Waals surface area (Å²) in [6.07, 6.45) is 0.643. The molecule has 2 amide bonds. The highest BCUT2D eigenvalue weighted by Gasteiger charge is 2.39. The van der Waals surface area contributed by atoms with Gasteiger partial charge in [-0.25, -0.2) is 0 Å². The van der Waals surface area contributed by atoms with E-state index in [0.29, 0.717) is 23.4 Å². The molecule has 4 rings (SSSR count). The number of rotatable bonds is 6. The third kappa shape index (κ3) is 3.78. The Kier molecular flexibility index (Phi) is 5.40. The third-order valence-electron chi connectivity index (χ3n) is 4.62. The van der Waals surface area contributed by atoms with Crippen LogP contribution < -0.4 is 0 Å². The minimum absolute atomic E-state index is 0.214. The molecule has 3 aromatic carbocycles. The predicted molar refractivity (Wildman–Crippen MR) is 113 cm³/mol. The molecular formula is C24H19NO2S. The molecule has 4 heteroatoms. The van der Waals surface area contributed by atoms with Crippen LogP contribution in [-0.4, -0.2) is 23.3 Å². The molecule has 0 bridgehead atoms. The molecule has 1 heterocycles. The Morgan fingerprint density at radius 2 is 1.25 bits per heavy atom. The number of nitrogens with zero attached hydrogens (tertiary/aromatic N) is 1. The van der Waals surface area contributed by atoms with Gasteiger partial charge in [0.25, 0.3) is 11.8 Å². The van der Waals surface area contributed by atoms with E-state index >= 15 is 0 Å². The molecule has 0 aromatic heterocycles. The van der Waals surface area contributed by atoms with Crippen molar-refractivity contribution in [2.45, 2.75) is 11.3 Å². The summed E-state index contributed by atoms with van der Waals surface area (Å²) in [5.74, 6) is -0.431. The number of imide groups is 1. The number of hydrogen-bond acceptors (Lipinski definition) is 3. The second kappa shape index (κ2) is 8.28. The molecule has 0 aliphatic carbocycles. The number of amides is 2. The summed E-state index contributed by atoms with van der Waals surface area (Å²) in [7, 11) is 0. The zero-order valence-electron chi connectivity index (χ0n) is 15.2. The molecule has 0 N–H and O–H groups in total. The molecule has 3 aromatic rings. The minimum atomic E-state index is -0.217. The van der Waals surface area contributed by atoms with E-state index in [2.05, 4.69) is 0 Å². The van der Waals surface area contributed by atoms with E-state index in [9.17, 15) is 9.59 Å². The van der Waals surface area contributed by atoms with Gasteiger partial charge in [-0.15, -0.1) is 0 Å². The van der Waals surface area contributed by atoms with Crippen molar-refractivity contribution >= 4 is 29.1 Å². The Hall–Kier alpha value is -3.11. The maximum Gasteiger partial charge on any atom is 0.268 e. The van der Waals surface area contributed by atoms with E-state index in [-0.39, 0.29) is 11.8 Å². The molecule has 0 fully saturated rings. The van der Waals surface area contributed by atoms with Crippen molar-refractivity contribution in [3.05, 3.63) is 107 Å². The summed E-state index contributed by atoms with van der Waals surface area (Å²) in [4.78, 5) is 29.1. The monoisotopic (exact) mass is 385 g/mol. The summed E-state index contributed by atoms with van der Waals surface area (Å²) in [6.45, 7) is 0.372. The average Bonchev–Trinajstić information content (AvgIpc) is 2.98. The first kappa shape index (κ1) is 18.3. The Balaban J connectivity index is 1.65. The van der Waals surface area contributed by atoms with Crippen molar-refractivity contribution in [1.82, 2.24) is 4.90 Å². The molecule has 1 aliphatic rings. The van der Waals surface area contributed by atoms with Crippen LogP contribution in [-0.2, 0) is 16.0 Å². The molecule has 28 heavy (non-hydrogen) atoms. The molecule has 0 atom stereocenters.